The number of rotatable bonds is 8. The Morgan fingerprint density at radius 1 is 1.20 bits per heavy atom. The van der Waals surface area contributed by atoms with E-state index in [-0.39, 0.29) is 17.8 Å². The monoisotopic (exact) mass is 485 g/mol. The molecular formula is C25H27NO9. The fourth-order valence-corrected chi connectivity index (χ4v) is 4.16. The largest absolute Gasteiger partial charge is 0.489 e. The Balaban J connectivity index is 1.65. The lowest BCUT2D eigenvalue weighted by molar-refractivity contribution is -0.292. The molecule has 4 rings (SSSR count). The van der Waals surface area contributed by atoms with Crippen molar-refractivity contribution in [2.75, 3.05) is 6.61 Å². The number of hydrogen-bond acceptors (Lipinski definition) is 9. The van der Waals surface area contributed by atoms with Gasteiger partial charge in [-0.2, -0.15) is 0 Å². The van der Waals surface area contributed by atoms with E-state index in [1.807, 2.05) is 30.3 Å². The van der Waals surface area contributed by atoms with E-state index in [1.165, 1.54) is 0 Å². The Labute approximate surface area is 200 Å². The van der Waals surface area contributed by atoms with Gasteiger partial charge in [0.25, 0.3) is 0 Å². The quantitative estimate of drug-likeness (QED) is 0.343. The minimum Gasteiger partial charge on any atom is -0.489 e. The van der Waals surface area contributed by atoms with Gasteiger partial charge in [0.1, 0.15) is 30.1 Å². The molecule has 1 aliphatic rings. The summed E-state index contributed by atoms with van der Waals surface area (Å²) < 4.78 is 22.8. The molecule has 2 aromatic carbocycles. The maximum Gasteiger partial charge on any atom is 0.379 e. The predicted octanol–water partition coefficient (Wildman–Crippen LogP) is 1.13. The topological polar surface area (TPSA) is 162 Å². The summed E-state index contributed by atoms with van der Waals surface area (Å²) in [7, 11) is 0. The van der Waals surface area contributed by atoms with Crippen molar-refractivity contribution in [3.05, 3.63) is 70.1 Å². The summed E-state index contributed by atoms with van der Waals surface area (Å²) in [6.07, 6.45) is -4.95. The third-order valence-electron chi connectivity index (χ3n) is 5.91. The van der Waals surface area contributed by atoms with Crippen LogP contribution >= 0.6 is 0 Å². The lowest BCUT2D eigenvalue weighted by Gasteiger charge is -2.44. The maximum absolute atomic E-state index is 12.9. The molecule has 0 aliphatic carbocycles. The van der Waals surface area contributed by atoms with Crippen LogP contribution in [0.1, 0.15) is 24.0 Å². The summed E-state index contributed by atoms with van der Waals surface area (Å²) in [5, 5.41) is 30.5. The van der Waals surface area contributed by atoms with Gasteiger partial charge in [-0.3, -0.25) is 4.79 Å². The van der Waals surface area contributed by atoms with Crippen LogP contribution < -0.4 is 20.8 Å². The van der Waals surface area contributed by atoms with Gasteiger partial charge >= 0.3 is 5.63 Å². The zero-order valence-electron chi connectivity index (χ0n) is 19.0. The normalized spacial score (nSPS) is 24.3. The van der Waals surface area contributed by atoms with E-state index < -0.39 is 48.7 Å². The van der Waals surface area contributed by atoms with E-state index in [0.717, 1.165) is 5.56 Å². The number of nitrogens with two attached hydrogens (primary N) is 1. The maximum atomic E-state index is 12.9. The second kappa shape index (κ2) is 10.0. The number of aliphatic hydroxyl groups is 3. The molecule has 1 fully saturated rings. The van der Waals surface area contributed by atoms with Crippen molar-refractivity contribution in [1.82, 2.24) is 0 Å². The van der Waals surface area contributed by atoms with Gasteiger partial charge < -0.3 is 39.7 Å². The van der Waals surface area contributed by atoms with Gasteiger partial charge in [-0.25, -0.2) is 4.79 Å². The molecule has 1 amide bonds. The van der Waals surface area contributed by atoms with Crippen LogP contribution in [0.25, 0.3) is 11.0 Å². The Bertz CT molecular complexity index is 1260. The highest BCUT2D eigenvalue weighted by molar-refractivity contribution is 5.83. The molecule has 2 heterocycles. The molecule has 1 unspecified atom stereocenters. The van der Waals surface area contributed by atoms with Crippen LogP contribution in [0.3, 0.4) is 0 Å². The lowest BCUT2D eigenvalue weighted by Crippen LogP contribution is -2.59. The van der Waals surface area contributed by atoms with Crippen LogP contribution in [0.2, 0.25) is 0 Å². The smallest absolute Gasteiger partial charge is 0.379 e. The Morgan fingerprint density at radius 3 is 2.63 bits per heavy atom. The summed E-state index contributed by atoms with van der Waals surface area (Å²) in [6, 6.07) is 14.6. The SMILES string of the molecule is Cc1c(OC2(CC(N)=O)C[C@@H](O)[C@H](O)[C@@H](CO)O2)c(=O)oc2cc(OCc3ccccc3)ccc12. The number of carbonyl (C=O) groups excluding carboxylic acids is 1. The lowest BCUT2D eigenvalue weighted by atomic mass is 9.93. The first-order valence-corrected chi connectivity index (χ1v) is 11.1. The van der Waals surface area contributed by atoms with E-state index in [1.54, 1.807) is 25.1 Å². The molecular weight excluding hydrogens is 458 g/mol. The molecule has 5 N–H and O–H groups in total. The predicted molar refractivity (Wildman–Crippen MR) is 124 cm³/mol. The number of benzene rings is 2. The van der Waals surface area contributed by atoms with Gasteiger partial charge in [-0.05, 0) is 24.6 Å². The highest BCUT2D eigenvalue weighted by Gasteiger charge is 2.49. The number of aryl methyl sites for hydroxylation is 1. The van der Waals surface area contributed by atoms with Crippen LogP contribution in [0.5, 0.6) is 11.5 Å². The fraction of sp³-hybridized carbons (Fsp3) is 0.360. The van der Waals surface area contributed by atoms with Gasteiger partial charge in [0.2, 0.25) is 17.4 Å². The van der Waals surface area contributed by atoms with E-state index >= 15 is 0 Å². The van der Waals surface area contributed by atoms with Crippen LogP contribution in [0.4, 0.5) is 0 Å². The highest BCUT2D eigenvalue weighted by atomic mass is 16.7. The van der Waals surface area contributed by atoms with Gasteiger partial charge in [0, 0.05) is 23.4 Å². The molecule has 10 heteroatoms. The Morgan fingerprint density at radius 2 is 1.94 bits per heavy atom. The van der Waals surface area contributed by atoms with E-state index in [4.69, 9.17) is 24.4 Å². The minimum atomic E-state index is -1.89. The number of aliphatic hydroxyl groups excluding tert-OH is 3. The van der Waals surface area contributed by atoms with Crippen LogP contribution in [0.15, 0.2) is 57.7 Å². The van der Waals surface area contributed by atoms with Crippen LogP contribution in [-0.4, -0.2) is 51.9 Å². The van der Waals surface area contributed by atoms with Gasteiger partial charge in [0.05, 0.1) is 19.1 Å². The van der Waals surface area contributed by atoms with Crippen molar-refractivity contribution in [2.24, 2.45) is 5.73 Å². The van der Waals surface area contributed by atoms with Crippen molar-refractivity contribution in [3.8, 4) is 11.5 Å². The third-order valence-corrected chi connectivity index (χ3v) is 5.91. The molecule has 10 nitrogen and oxygen atoms in total. The first-order valence-electron chi connectivity index (χ1n) is 11.1. The number of carbonyl (C=O) groups is 1. The average Bonchev–Trinajstić information content (AvgIpc) is 2.83. The first kappa shape index (κ1) is 24.7. The summed E-state index contributed by atoms with van der Waals surface area (Å²) in [5.74, 6) is -2.45. The molecule has 1 aromatic heterocycles. The summed E-state index contributed by atoms with van der Waals surface area (Å²) in [6.45, 7) is 1.32. The third kappa shape index (κ3) is 5.30. The molecule has 0 saturated carbocycles. The van der Waals surface area contributed by atoms with E-state index in [0.29, 0.717) is 23.3 Å². The minimum absolute atomic E-state index is 0.239. The highest BCUT2D eigenvalue weighted by Crippen LogP contribution is 2.36. The average molecular weight is 485 g/mol. The molecule has 0 radical (unpaired) electrons. The standard InChI is InChI=1S/C25H27NO9/c1-14-17-8-7-16(32-13-15-5-3-2-4-6-15)9-19(17)33-24(31)23(14)35-25(11-21(26)29)10-18(28)22(30)20(12-27)34-25/h2-9,18,20,22,27-28,30H,10-13H2,1H3,(H2,26,29)/t18-,20-,22+,25?/m1/s1. The van der Waals surface area contributed by atoms with Crippen molar-refractivity contribution in [1.29, 1.82) is 0 Å². The molecule has 0 spiro atoms. The zero-order valence-corrected chi connectivity index (χ0v) is 19.0. The number of fused-ring (bicyclic) bond motifs is 1. The number of hydrogen-bond donors (Lipinski definition) is 4. The molecule has 0 bridgehead atoms. The van der Waals surface area contributed by atoms with Crippen molar-refractivity contribution >= 4 is 16.9 Å². The van der Waals surface area contributed by atoms with Gasteiger partial charge in [-0.15, -0.1) is 0 Å². The van der Waals surface area contributed by atoms with Crippen LogP contribution in [-0.2, 0) is 16.1 Å². The first-order chi connectivity index (χ1) is 16.7. The Hall–Kier alpha value is -3.44. The van der Waals surface area contributed by atoms with Crippen molar-refractivity contribution in [3.63, 3.8) is 0 Å². The number of primary amides is 1. The molecule has 186 valence electrons. The molecule has 3 aromatic rings. The number of amides is 1. The van der Waals surface area contributed by atoms with Gasteiger partial charge in [0.15, 0.2) is 0 Å². The molecule has 1 aliphatic heterocycles. The fourth-order valence-electron chi connectivity index (χ4n) is 4.16. The second-order valence-corrected chi connectivity index (χ2v) is 8.53. The molecule has 4 atom stereocenters. The zero-order chi connectivity index (χ0) is 25.2. The number of ether oxygens (including phenoxy) is 3. The second-order valence-electron chi connectivity index (χ2n) is 8.53. The van der Waals surface area contributed by atoms with Crippen molar-refractivity contribution < 1.29 is 38.7 Å². The summed E-state index contributed by atoms with van der Waals surface area (Å²) >= 11 is 0. The van der Waals surface area contributed by atoms with E-state index in [2.05, 4.69) is 0 Å². The Kier molecular flexibility index (Phi) is 7.08. The summed E-state index contributed by atoms with van der Waals surface area (Å²) in [4.78, 5) is 24.6. The van der Waals surface area contributed by atoms with Gasteiger partial charge in [-0.1, -0.05) is 30.3 Å². The van der Waals surface area contributed by atoms with E-state index in [9.17, 15) is 24.9 Å². The van der Waals surface area contributed by atoms with Crippen LogP contribution in [0, 0.1) is 6.92 Å². The van der Waals surface area contributed by atoms with Crippen molar-refractivity contribution in [2.45, 2.75) is 50.5 Å². The molecule has 35 heavy (non-hydrogen) atoms. The summed E-state index contributed by atoms with van der Waals surface area (Å²) in [5.41, 5.74) is 6.17. The molecule has 1 saturated heterocycles.